The Bertz CT molecular complexity index is 1670. The van der Waals surface area contributed by atoms with Crippen LogP contribution in [0.4, 0.5) is 0 Å². The minimum Gasteiger partial charge on any atom is -0.633 e. The summed E-state index contributed by atoms with van der Waals surface area (Å²) in [6.07, 6.45) is 2.26. The number of aromatic nitrogens is 1. The largest absolute Gasteiger partial charge is 0.633 e. The van der Waals surface area contributed by atoms with E-state index in [1.165, 1.54) is 12.3 Å². The molecule has 1 aromatic carbocycles. The third kappa shape index (κ3) is 8.73. The number of hydrogen-bond donors (Lipinski definition) is 2. The molecule has 5 rings (SSSR count). The number of fused-ring (bicyclic) bond motifs is 1. The molecule has 3 aromatic rings. The fraction of sp³-hybridized carbons (Fsp3) is 0.500. The third-order valence-corrected chi connectivity index (χ3v) is 10.0. The fourth-order valence-electron chi connectivity index (χ4n) is 5.64. The van der Waals surface area contributed by atoms with Crippen molar-refractivity contribution in [1.82, 2.24) is 19.9 Å². The molecule has 2 aromatic heterocycles. The molecule has 2 N–H and O–H groups in total. The lowest BCUT2D eigenvalue weighted by Gasteiger charge is -2.44. The zero-order valence-electron chi connectivity index (χ0n) is 26.6. The van der Waals surface area contributed by atoms with Gasteiger partial charge in [0, 0.05) is 18.1 Å². The molecule has 47 heavy (non-hydrogen) atoms. The standard InChI is InChI=1S/C32H41N5O9S/c1-22(2)18-26(31(39)34-25-6-5-11-36(21-27(25)38)47(42,43)30-7-3-4-10-33-30)35-32(40)29-20-23-19-24(8-9-28(23)46-29)45-17-14-37(41)12-15-44-16-13-37/h3-4,7-10,19-20,22,25-26H,5-6,11-18,21H2,1-2H3,(H,34,39)(H,35,40)/t25?,26-/m0/s1. The summed E-state index contributed by atoms with van der Waals surface area (Å²) in [7, 11) is -3.98. The second-order valence-corrected chi connectivity index (χ2v) is 14.2. The molecule has 15 heteroatoms. The Morgan fingerprint density at radius 2 is 1.96 bits per heavy atom. The van der Waals surface area contributed by atoms with E-state index in [-0.39, 0.29) is 40.9 Å². The quantitative estimate of drug-likeness (QED) is 0.214. The predicted molar refractivity (Wildman–Crippen MR) is 171 cm³/mol. The number of carbonyl (C=O) groups is 3. The van der Waals surface area contributed by atoms with Crippen molar-refractivity contribution in [2.75, 3.05) is 52.5 Å². The van der Waals surface area contributed by atoms with Crippen LogP contribution in [-0.2, 0) is 24.3 Å². The number of quaternary nitrogens is 1. The molecule has 2 amide bonds. The predicted octanol–water partition coefficient (Wildman–Crippen LogP) is 2.23. The first-order valence-corrected chi connectivity index (χ1v) is 17.2. The summed E-state index contributed by atoms with van der Waals surface area (Å²) < 4.78 is 43.7. The molecule has 0 bridgehead atoms. The normalized spacial score (nSPS) is 19.7. The van der Waals surface area contributed by atoms with Gasteiger partial charge in [-0.1, -0.05) is 19.9 Å². The van der Waals surface area contributed by atoms with Gasteiger partial charge in [-0.2, -0.15) is 4.31 Å². The molecule has 4 heterocycles. The molecule has 0 aliphatic carbocycles. The number of pyridine rings is 1. The van der Waals surface area contributed by atoms with Gasteiger partial charge in [0.2, 0.25) is 5.91 Å². The number of sulfonamides is 1. The number of hydrogen-bond acceptors (Lipinski definition) is 10. The zero-order valence-corrected chi connectivity index (χ0v) is 27.4. The molecule has 0 spiro atoms. The summed E-state index contributed by atoms with van der Waals surface area (Å²) in [5, 5.41) is 18.6. The molecule has 0 saturated carbocycles. The van der Waals surface area contributed by atoms with Gasteiger partial charge < -0.3 is 34.4 Å². The number of ketones is 1. The van der Waals surface area contributed by atoms with Gasteiger partial charge in [0.25, 0.3) is 15.9 Å². The molecule has 14 nitrogen and oxygen atoms in total. The summed E-state index contributed by atoms with van der Waals surface area (Å²) in [4.78, 5) is 43.8. The average molecular weight is 672 g/mol. The highest BCUT2D eigenvalue weighted by Crippen LogP contribution is 2.25. The highest BCUT2D eigenvalue weighted by Gasteiger charge is 2.35. The Labute approximate surface area is 273 Å². The highest BCUT2D eigenvalue weighted by molar-refractivity contribution is 7.89. The smallest absolute Gasteiger partial charge is 0.287 e. The van der Waals surface area contributed by atoms with Crippen LogP contribution in [0.1, 0.15) is 43.7 Å². The number of nitrogens with one attached hydrogen (secondary N) is 2. The lowest BCUT2D eigenvalue weighted by atomic mass is 10.0. The van der Waals surface area contributed by atoms with Gasteiger partial charge >= 0.3 is 0 Å². The van der Waals surface area contributed by atoms with Crippen LogP contribution in [0, 0.1) is 11.1 Å². The van der Waals surface area contributed by atoms with E-state index in [9.17, 15) is 28.0 Å². The maximum atomic E-state index is 13.4. The Hall–Kier alpha value is -3.89. The molecule has 2 fully saturated rings. The first kappa shape index (κ1) is 34.4. The summed E-state index contributed by atoms with van der Waals surface area (Å²) >= 11 is 0. The SMILES string of the molecule is CC(C)C[C@H](NC(=O)c1cc2cc(OCC[N+]3([O-])CCOCC3)ccc2o1)C(=O)NC1CCCN(S(=O)(=O)c2ccccn2)CC1=O. The molecule has 2 aliphatic rings. The van der Waals surface area contributed by atoms with Crippen LogP contribution in [0.15, 0.2) is 58.1 Å². The highest BCUT2D eigenvalue weighted by atomic mass is 32.2. The Kier molecular flexibility index (Phi) is 10.9. The second kappa shape index (κ2) is 14.9. The fourth-order valence-corrected chi connectivity index (χ4v) is 7.02. The van der Waals surface area contributed by atoms with Crippen LogP contribution < -0.4 is 15.4 Å². The second-order valence-electron chi connectivity index (χ2n) is 12.3. The van der Waals surface area contributed by atoms with Crippen molar-refractivity contribution >= 4 is 38.6 Å². The van der Waals surface area contributed by atoms with Gasteiger partial charge in [-0.05, 0) is 61.6 Å². The lowest BCUT2D eigenvalue weighted by molar-refractivity contribution is -0.888. The van der Waals surface area contributed by atoms with E-state index < -0.39 is 46.2 Å². The molecular formula is C32H41N5O9S. The van der Waals surface area contributed by atoms with Crippen LogP contribution in [0.5, 0.6) is 5.75 Å². The van der Waals surface area contributed by atoms with E-state index in [4.69, 9.17) is 13.9 Å². The first-order valence-electron chi connectivity index (χ1n) is 15.8. The van der Waals surface area contributed by atoms with Crippen molar-refractivity contribution in [2.24, 2.45) is 5.92 Å². The number of rotatable bonds is 12. The van der Waals surface area contributed by atoms with Gasteiger partial charge in [0.1, 0.15) is 43.6 Å². The summed E-state index contributed by atoms with van der Waals surface area (Å²) in [5.41, 5.74) is 0.446. The summed E-state index contributed by atoms with van der Waals surface area (Å²) in [6.45, 7) is 5.71. The molecule has 2 atom stereocenters. The minimum absolute atomic E-state index is 0.00278. The van der Waals surface area contributed by atoms with E-state index in [2.05, 4.69) is 15.6 Å². The van der Waals surface area contributed by atoms with Gasteiger partial charge in [-0.3, -0.25) is 14.4 Å². The van der Waals surface area contributed by atoms with Crippen LogP contribution >= 0.6 is 0 Å². The molecule has 1 unspecified atom stereocenters. The minimum atomic E-state index is -3.98. The molecule has 2 aliphatic heterocycles. The number of Topliss-reactive ketones (excluding diaryl/α,β-unsaturated/α-hetero) is 1. The Balaban J connectivity index is 1.20. The number of benzene rings is 1. The van der Waals surface area contributed by atoms with Gasteiger partial charge in [-0.25, -0.2) is 13.4 Å². The van der Waals surface area contributed by atoms with Crippen LogP contribution in [-0.4, -0.2) is 105 Å². The lowest BCUT2D eigenvalue weighted by Crippen LogP contribution is -2.52. The van der Waals surface area contributed by atoms with Crippen molar-refractivity contribution in [3.05, 3.63) is 59.6 Å². The maximum absolute atomic E-state index is 13.4. The topological polar surface area (TPSA) is 180 Å². The first-order chi connectivity index (χ1) is 22.4. The molecule has 254 valence electrons. The molecular weight excluding hydrogens is 630 g/mol. The number of carbonyl (C=O) groups excluding carboxylic acids is 3. The van der Waals surface area contributed by atoms with Gasteiger partial charge in [-0.15, -0.1) is 0 Å². The number of hydroxylamine groups is 3. The van der Waals surface area contributed by atoms with Crippen molar-refractivity contribution in [2.45, 2.75) is 50.2 Å². The number of ether oxygens (including phenoxy) is 2. The van der Waals surface area contributed by atoms with E-state index in [1.54, 1.807) is 36.4 Å². The number of nitrogens with zero attached hydrogens (tertiary/aromatic N) is 3. The number of morpholine rings is 1. The van der Waals surface area contributed by atoms with Crippen molar-refractivity contribution in [3.63, 3.8) is 0 Å². The zero-order chi connectivity index (χ0) is 33.6. The summed E-state index contributed by atoms with van der Waals surface area (Å²) in [5.74, 6) is -1.04. The van der Waals surface area contributed by atoms with Crippen LogP contribution in [0.3, 0.4) is 0 Å². The molecule has 2 saturated heterocycles. The van der Waals surface area contributed by atoms with E-state index in [1.807, 2.05) is 13.8 Å². The molecule has 0 radical (unpaired) electrons. The van der Waals surface area contributed by atoms with Gasteiger partial charge in [0.15, 0.2) is 16.6 Å². The van der Waals surface area contributed by atoms with Crippen LogP contribution in [0.2, 0.25) is 0 Å². The van der Waals surface area contributed by atoms with Crippen molar-refractivity contribution < 1.29 is 41.3 Å². The van der Waals surface area contributed by atoms with Crippen molar-refractivity contribution in [3.8, 4) is 5.75 Å². The average Bonchev–Trinajstić information content (AvgIpc) is 3.38. The van der Waals surface area contributed by atoms with E-state index >= 15 is 0 Å². The van der Waals surface area contributed by atoms with Crippen molar-refractivity contribution in [1.29, 1.82) is 0 Å². The van der Waals surface area contributed by atoms with E-state index in [0.717, 1.165) is 4.31 Å². The number of amides is 2. The van der Waals surface area contributed by atoms with Gasteiger partial charge in [0.05, 0.1) is 25.8 Å². The van der Waals surface area contributed by atoms with E-state index in [0.29, 0.717) is 62.4 Å². The third-order valence-electron chi connectivity index (χ3n) is 8.27. The summed E-state index contributed by atoms with van der Waals surface area (Å²) in [6, 6.07) is 9.29. The Morgan fingerprint density at radius 3 is 2.68 bits per heavy atom. The Morgan fingerprint density at radius 1 is 1.17 bits per heavy atom. The number of furan rings is 1. The monoisotopic (exact) mass is 671 g/mol. The maximum Gasteiger partial charge on any atom is 0.287 e. The van der Waals surface area contributed by atoms with Crippen LogP contribution in [0.25, 0.3) is 11.0 Å².